The van der Waals surface area contributed by atoms with E-state index in [0.29, 0.717) is 17.4 Å². The van der Waals surface area contributed by atoms with Crippen molar-refractivity contribution in [2.24, 2.45) is 0 Å². The van der Waals surface area contributed by atoms with E-state index in [1.165, 1.54) is 24.4 Å². The monoisotopic (exact) mass is 454 g/mol. The predicted octanol–water partition coefficient (Wildman–Crippen LogP) is 3.16. The van der Waals surface area contributed by atoms with E-state index < -0.39 is 21.4 Å². The summed E-state index contributed by atoms with van der Waals surface area (Å²) >= 11 is 0. The van der Waals surface area contributed by atoms with Crippen LogP contribution >= 0.6 is 0 Å². The van der Waals surface area contributed by atoms with Crippen LogP contribution in [0.4, 0.5) is 4.39 Å². The minimum absolute atomic E-state index is 0.0131. The second-order valence-electron chi connectivity index (χ2n) is 7.49. The highest BCUT2D eigenvalue weighted by Crippen LogP contribution is 2.28. The van der Waals surface area contributed by atoms with Gasteiger partial charge in [-0.3, -0.25) is 4.79 Å². The maximum absolute atomic E-state index is 14.0. The molecule has 0 saturated carbocycles. The highest BCUT2D eigenvalue weighted by atomic mass is 32.2. The van der Waals surface area contributed by atoms with Crippen LogP contribution in [-0.4, -0.2) is 35.0 Å². The van der Waals surface area contributed by atoms with Gasteiger partial charge in [-0.25, -0.2) is 17.8 Å². The molecule has 0 aliphatic heterocycles. The summed E-state index contributed by atoms with van der Waals surface area (Å²) < 4.78 is 43.8. The van der Waals surface area contributed by atoms with Gasteiger partial charge in [-0.2, -0.15) is 0 Å². The smallest absolute Gasteiger partial charge is 0.239 e. The van der Waals surface area contributed by atoms with E-state index in [-0.39, 0.29) is 22.9 Å². The number of hydrogen-bond donors (Lipinski definition) is 1. The van der Waals surface area contributed by atoms with E-state index >= 15 is 0 Å². The lowest BCUT2D eigenvalue weighted by atomic mass is 10.2. The SMILES string of the molecule is O=C(Cn1cc(S(=O)(=O)Cc2ccccc2F)c2ccccc21)NCCCn1ccnc1. The number of amides is 1. The lowest BCUT2D eigenvalue weighted by molar-refractivity contribution is -0.121. The fraction of sp³-hybridized carbons (Fsp3) is 0.217. The summed E-state index contributed by atoms with van der Waals surface area (Å²) in [6, 6.07) is 12.8. The minimum atomic E-state index is -3.82. The lowest BCUT2D eigenvalue weighted by Crippen LogP contribution is -2.28. The highest BCUT2D eigenvalue weighted by Gasteiger charge is 2.23. The zero-order chi connectivity index (χ0) is 22.6. The number of para-hydroxylation sites is 1. The summed E-state index contributed by atoms with van der Waals surface area (Å²) in [6.45, 7) is 1.22. The van der Waals surface area contributed by atoms with Crippen molar-refractivity contribution in [3.63, 3.8) is 0 Å². The summed E-state index contributed by atoms with van der Waals surface area (Å²) in [5.41, 5.74) is 0.744. The number of aryl methyl sites for hydroxylation is 1. The molecule has 0 unspecified atom stereocenters. The average molecular weight is 455 g/mol. The third-order valence-corrected chi connectivity index (χ3v) is 6.87. The Morgan fingerprint density at radius 3 is 2.66 bits per heavy atom. The normalized spacial score (nSPS) is 11.7. The first-order valence-corrected chi connectivity index (χ1v) is 11.9. The molecule has 2 heterocycles. The van der Waals surface area contributed by atoms with Crippen LogP contribution in [0.5, 0.6) is 0 Å². The van der Waals surface area contributed by atoms with Crippen LogP contribution in [0.15, 0.2) is 78.3 Å². The highest BCUT2D eigenvalue weighted by molar-refractivity contribution is 7.90. The van der Waals surface area contributed by atoms with Crippen LogP contribution in [0, 0.1) is 5.82 Å². The third kappa shape index (κ3) is 4.88. The average Bonchev–Trinajstić information content (AvgIpc) is 3.42. The van der Waals surface area contributed by atoms with Crippen molar-refractivity contribution in [2.45, 2.75) is 30.2 Å². The molecule has 0 fully saturated rings. The van der Waals surface area contributed by atoms with E-state index in [1.54, 1.807) is 47.4 Å². The molecule has 166 valence electrons. The van der Waals surface area contributed by atoms with Crippen molar-refractivity contribution >= 4 is 26.6 Å². The minimum Gasteiger partial charge on any atom is -0.354 e. The van der Waals surface area contributed by atoms with Crippen LogP contribution in [0.25, 0.3) is 10.9 Å². The molecule has 0 saturated heterocycles. The predicted molar refractivity (Wildman–Crippen MR) is 119 cm³/mol. The zero-order valence-electron chi connectivity index (χ0n) is 17.3. The van der Waals surface area contributed by atoms with Gasteiger partial charge in [0.05, 0.1) is 17.0 Å². The first kappa shape index (κ1) is 21.8. The Hall–Kier alpha value is -3.46. The summed E-state index contributed by atoms with van der Waals surface area (Å²) in [7, 11) is -3.82. The van der Waals surface area contributed by atoms with Crippen LogP contribution in [0.3, 0.4) is 0 Å². The number of carbonyl (C=O) groups excluding carboxylic acids is 1. The molecule has 0 spiro atoms. The molecule has 1 N–H and O–H groups in total. The van der Waals surface area contributed by atoms with E-state index in [2.05, 4.69) is 10.3 Å². The van der Waals surface area contributed by atoms with Crippen LogP contribution in [-0.2, 0) is 33.5 Å². The molecule has 7 nitrogen and oxygen atoms in total. The van der Waals surface area contributed by atoms with Crippen LogP contribution < -0.4 is 5.32 Å². The number of carbonyl (C=O) groups is 1. The maximum Gasteiger partial charge on any atom is 0.239 e. The number of nitrogens with one attached hydrogen (secondary N) is 1. The van der Waals surface area contributed by atoms with E-state index in [4.69, 9.17) is 0 Å². The molecule has 4 rings (SSSR count). The van der Waals surface area contributed by atoms with E-state index in [9.17, 15) is 17.6 Å². The largest absolute Gasteiger partial charge is 0.354 e. The van der Waals surface area contributed by atoms with Gasteiger partial charge in [0.25, 0.3) is 0 Å². The zero-order valence-corrected chi connectivity index (χ0v) is 18.1. The Balaban J connectivity index is 1.49. The molecule has 0 bridgehead atoms. The number of fused-ring (bicyclic) bond motifs is 1. The fourth-order valence-electron chi connectivity index (χ4n) is 3.61. The van der Waals surface area contributed by atoms with E-state index in [1.807, 2.05) is 10.8 Å². The van der Waals surface area contributed by atoms with E-state index in [0.717, 1.165) is 13.0 Å². The molecule has 0 atom stereocenters. The van der Waals surface area contributed by atoms with Gasteiger partial charge < -0.3 is 14.5 Å². The second-order valence-corrected chi connectivity index (χ2v) is 9.45. The first-order chi connectivity index (χ1) is 15.4. The summed E-state index contributed by atoms with van der Waals surface area (Å²) in [6.07, 6.45) is 7.49. The number of nitrogens with zero attached hydrogens (tertiary/aromatic N) is 3. The van der Waals surface area contributed by atoms with Gasteiger partial charge >= 0.3 is 0 Å². The topological polar surface area (TPSA) is 86.0 Å². The van der Waals surface area contributed by atoms with Crippen molar-refractivity contribution in [3.8, 4) is 0 Å². The quantitative estimate of drug-likeness (QED) is 0.394. The molecule has 4 aromatic rings. The molecule has 32 heavy (non-hydrogen) atoms. The molecule has 2 aromatic heterocycles. The van der Waals surface area contributed by atoms with Gasteiger partial charge in [0.15, 0.2) is 9.84 Å². The second kappa shape index (κ2) is 9.35. The van der Waals surface area contributed by atoms with Gasteiger partial charge in [0.1, 0.15) is 12.4 Å². The molecular formula is C23H23FN4O3S. The van der Waals surface area contributed by atoms with Gasteiger partial charge in [0, 0.05) is 48.1 Å². The third-order valence-electron chi connectivity index (χ3n) is 5.18. The number of sulfone groups is 1. The molecule has 1 amide bonds. The number of imidazole rings is 1. The number of aromatic nitrogens is 3. The summed E-state index contributed by atoms with van der Waals surface area (Å²) in [5.74, 6) is -1.22. The van der Waals surface area contributed by atoms with Gasteiger partial charge in [-0.05, 0) is 18.6 Å². The van der Waals surface area contributed by atoms with Crippen molar-refractivity contribution in [1.29, 1.82) is 0 Å². The van der Waals surface area contributed by atoms with Crippen LogP contribution in [0.2, 0.25) is 0 Å². The number of hydrogen-bond acceptors (Lipinski definition) is 4. The summed E-state index contributed by atoms with van der Waals surface area (Å²) in [5, 5.41) is 3.37. The van der Waals surface area contributed by atoms with Gasteiger partial charge in [-0.1, -0.05) is 36.4 Å². The summed E-state index contributed by atoms with van der Waals surface area (Å²) in [4.78, 5) is 16.5. The van der Waals surface area contributed by atoms with Crippen molar-refractivity contribution in [3.05, 3.63) is 84.8 Å². The van der Waals surface area contributed by atoms with Crippen molar-refractivity contribution in [1.82, 2.24) is 19.4 Å². The molecule has 9 heteroatoms. The Morgan fingerprint density at radius 1 is 1.09 bits per heavy atom. The Labute approximate surface area is 185 Å². The molecule has 2 aromatic carbocycles. The number of halogens is 1. The Morgan fingerprint density at radius 2 is 1.88 bits per heavy atom. The van der Waals surface area contributed by atoms with Crippen molar-refractivity contribution in [2.75, 3.05) is 6.54 Å². The molecule has 0 aliphatic carbocycles. The Bertz CT molecular complexity index is 1330. The number of rotatable bonds is 9. The maximum atomic E-state index is 14.0. The fourth-order valence-corrected chi connectivity index (χ4v) is 5.20. The molecule has 0 aliphatic rings. The standard InChI is InChI=1S/C23H23FN4O3S/c24-20-8-3-1-6-18(20)16-32(30,31)22-14-28(21-9-4-2-7-19(21)22)15-23(29)26-10-5-12-27-13-11-25-17-27/h1-4,6-9,11,13-14,17H,5,10,12,15-16H2,(H,26,29). The van der Waals surface area contributed by atoms with Crippen molar-refractivity contribution < 1.29 is 17.6 Å². The Kier molecular flexibility index (Phi) is 6.36. The molecule has 0 radical (unpaired) electrons. The first-order valence-electron chi connectivity index (χ1n) is 10.2. The van der Waals surface area contributed by atoms with Gasteiger partial charge in [-0.15, -0.1) is 0 Å². The lowest BCUT2D eigenvalue weighted by Gasteiger charge is -2.07. The molecular weight excluding hydrogens is 431 g/mol. The van der Waals surface area contributed by atoms with Crippen LogP contribution in [0.1, 0.15) is 12.0 Å². The van der Waals surface area contributed by atoms with Gasteiger partial charge in [0.2, 0.25) is 5.91 Å². The number of benzene rings is 2.